The van der Waals surface area contributed by atoms with Gasteiger partial charge in [-0.2, -0.15) is 4.72 Å². The first-order valence-corrected chi connectivity index (χ1v) is 11.3. The summed E-state index contributed by atoms with van der Waals surface area (Å²) in [5.41, 5.74) is 0. The maximum Gasteiger partial charge on any atom is 0.323 e. The minimum atomic E-state index is -4.10. The van der Waals surface area contributed by atoms with Gasteiger partial charge in [0.15, 0.2) is 6.23 Å². The van der Waals surface area contributed by atoms with Crippen LogP contribution in [0.3, 0.4) is 0 Å². The van der Waals surface area contributed by atoms with Gasteiger partial charge in [-0.25, -0.2) is 13.7 Å². The van der Waals surface area contributed by atoms with Crippen LogP contribution in [0.25, 0.3) is 0 Å². The summed E-state index contributed by atoms with van der Waals surface area (Å²) >= 11 is 0. The summed E-state index contributed by atoms with van der Waals surface area (Å²) in [7, 11) is -4.10. The van der Waals surface area contributed by atoms with Gasteiger partial charge in [-0.1, -0.05) is 24.3 Å². The molecule has 1 amide bonds. The highest BCUT2D eigenvalue weighted by molar-refractivity contribution is 7.89. The van der Waals surface area contributed by atoms with E-state index >= 15 is 0 Å². The molecule has 0 spiro atoms. The van der Waals surface area contributed by atoms with Gasteiger partial charge in [0, 0.05) is 13.1 Å². The number of aromatic nitrogens is 1. The third-order valence-corrected chi connectivity index (χ3v) is 5.84. The van der Waals surface area contributed by atoms with Crippen molar-refractivity contribution in [1.29, 1.82) is 0 Å². The Labute approximate surface area is 189 Å². The molecular formula is C19H24N6O7S. The molecule has 0 saturated carbocycles. The van der Waals surface area contributed by atoms with E-state index in [1.165, 1.54) is 30.3 Å². The van der Waals surface area contributed by atoms with Crippen molar-refractivity contribution in [2.24, 2.45) is 0 Å². The fraction of sp³-hybridized carbons (Fsp3) is 0.316. The Morgan fingerprint density at radius 2 is 2.09 bits per heavy atom. The Bertz CT molecular complexity index is 1090. The molecule has 1 aromatic heterocycles. The molecule has 2 heterocycles. The lowest BCUT2D eigenvalue weighted by atomic mass is 10.3. The molecule has 2 aromatic rings. The van der Waals surface area contributed by atoms with Crippen LogP contribution in [0.5, 0.6) is 5.88 Å². The summed E-state index contributed by atoms with van der Waals surface area (Å²) in [6.45, 7) is 1.89. The zero-order valence-corrected chi connectivity index (χ0v) is 18.3. The lowest BCUT2D eigenvalue weighted by molar-refractivity contribution is -0.138. The average Bonchev–Trinajstić information content (AvgIpc) is 3.26. The fourth-order valence-electron chi connectivity index (χ4n) is 2.76. The van der Waals surface area contributed by atoms with Crippen LogP contribution < -0.4 is 30.7 Å². The number of benzene rings is 1. The highest BCUT2D eigenvalue weighted by Crippen LogP contribution is 2.13. The third kappa shape index (κ3) is 7.01. The molecule has 0 bridgehead atoms. The van der Waals surface area contributed by atoms with E-state index in [1.807, 2.05) is 10.8 Å². The summed E-state index contributed by atoms with van der Waals surface area (Å²) in [5.74, 6) is -2.45. The third-order valence-electron chi connectivity index (χ3n) is 4.35. The van der Waals surface area contributed by atoms with Crippen LogP contribution in [0, 0.1) is 0 Å². The van der Waals surface area contributed by atoms with Crippen molar-refractivity contribution in [3.63, 3.8) is 0 Å². The zero-order chi connectivity index (χ0) is 23.8. The Morgan fingerprint density at radius 1 is 1.33 bits per heavy atom. The number of amides is 1. The van der Waals surface area contributed by atoms with Crippen molar-refractivity contribution in [2.75, 3.05) is 13.1 Å². The number of carbonyl (C=O) groups is 2. The molecule has 3 unspecified atom stereocenters. The second-order valence-corrected chi connectivity index (χ2v) is 8.62. The van der Waals surface area contributed by atoms with Gasteiger partial charge in [-0.05, 0) is 30.4 Å². The monoisotopic (exact) mass is 480 g/mol. The molecule has 6 N–H and O–H groups in total. The molecule has 3 atom stereocenters. The lowest BCUT2D eigenvalue weighted by Crippen LogP contribution is -2.56. The molecule has 1 aliphatic rings. The van der Waals surface area contributed by atoms with Gasteiger partial charge in [0.2, 0.25) is 15.8 Å². The van der Waals surface area contributed by atoms with E-state index in [9.17, 15) is 23.1 Å². The number of rotatable bonds is 11. The van der Waals surface area contributed by atoms with Gasteiger partial charge in [0.05, 0.1) is 11.0 Å². The Balaban J connectivity index is 1.53. The predicted octanol–water partition coefficient (Wildman–Crippen LogP) is -0.859. The van der Waals surface area contributed by atoms with Crippen molar-refractivity contribution in [3.8, 4) is 5.88 Å². The molecular weight excluding hydrogens is 456 g/mol. The number of aliphatic carboxylic acids is 1. The smallest absolute Gasteiger partial charge is 0.323 e. The Hall–Kier alpha value is -3.46. The Kier molecular flexibility index (Phi) is 8.00. The largest absolute Gasteiger partial charge is 0.480 e. The summed E-state index contributed by atoms with van der Waals surface area (Å²) in [6, 6.07) is 6.91. The number of nitrogens with zero attached hydrogens (tertiary/aromatic N) is 1. The zero-order valence-electron chi connectivity index (χ0n) is 17.5. The number of hydrogen-bond donors (Lipinski definition) is 6. The summed E-state index contributed by atoms with van der Waals surface area (Å²) < 4.78 is 37.2. The summed E-state index contributed by atoms with van der Waals surface area (Å²) in [5, 5.41) is 24.6. The quantitative estimate of drug-likeness (QED) is 0.220. The van der Waals surface area contributed by atoms with E-state index in [4.69, 9.17) is 9.26 Å². The molecule has 178 valence electrons. The second kappa shape index (κ2) is 10.9. The molecule has 0 saturated heterocycles. The molecule has 0 radical (unpaired) electrons. The Morgan fingerprint density at radius 3 is 2.76 bits per heavy atom. The standard InChI is InChI=1S/C19H24N6O7S/c1-12(23-19-20-8-5-9-21-19)31-16-10-15(32-24-16)17(26)22-11-14(18(27)28)25-33(29,30)13-6-3-2-4-7-13/h2-8,10,12,14,19-21,23,25H,9,11H2,1H3,(H,22,26)(H,27,28). The van der Waals surface area contributed by atoms with E-state index in [-0.39, 0.29) is 22.8 Å². The van der Waals surface area contributed by atoms with Gasteiger partial charge in [0.25, 0.3) is 11.8 Å². The minimum absolute atomic E-state index is 0.0334. The number of carboxylic acid groups (broad SMARTS) is 1. The normalized spacial score (nSPS) is 17.5. The maximum atomic E-state index is 12.4. The predicted molar refractivity (Wildman–Crippen MR) is 114 cm³/mol. The second-order valence-electron chi connectivity index (χ2n) is 6.90. The van der Waals surface area contributed by atoms with E-state index in [0.29, 0.717) is 6.54 Å². The number of nitrogens with one attached hydrogen (secondary N) is 5. The van der Waals surface area contributed by atoms with Gasteiger partial charge in [-0.15, -0.1) is 0 Å². The molecule has 13 nitrogen and oxygen atoms in total. The first-order valence-electron chi connectivity index (χ1n) is 9.87. The fourth-order valence-corrected chi connectivity index (χ4v) is 3.97. The van der Waals surface area contributed by atoms with E-state index in [1.54, 1.807) is 19.2 Å². The van der Waals surface area contributed by atoms with Crippen molar-refractivity contribution in [2.45, 2.75) is 30.4 Å². The van der Waals surface area contributed by atoms with E-state index < -0.39 is 40.7 Å². The van der Waals surface area contributed by atoms with Gasteiger partial charge in [-0.3, -0.25) is 14.9 Å². The number of ether oxygens (including phenoxy) is 1. The van der Waals surface area contributed by atoms with Crippen LogP contribution in [-0.4, -0.2) is 62.2 Å². The lowest BCUT2D eigenvalue weighted by Gasteiger charge is -2.26. The van der Waals surface area contributed by atoms with Crippen LogP contribution in [-0.2, 0) is 14.8 Å². The first kappa shape index (κ1) is 24.2. The highest BCUT2D eigenvalue weighted by Gasteiger charge is 2.27. The molecule has 33 heavy (non-hydrogen) atoms. The SMILES string of the molecule is CC(NC1NC=CCN1)Oc1cc(C(=O)NCC(NS(=O)(=O)c2ccccc2)C(=O)O)on1. The first-order chi connectivity index (χ1) is 15.7. The molecule has 3 rings (SSSR count). The van der Waals surface area contributed by atoms with Gasteiger partial charge < -0.3 is 25.0 Å². The molecule has 1 aliphatic heterocycles. The number of sulfonamides is 1. The summed E-state index contributed by atoms with van der Waals surface area (Å²) in [4.78, 5) is 23.7. The average molecular weight is 481 g/mol. The molecule has 0 aliphatic carbocycles. The minimum Gasteiger partial charge on any atom is -0.480 e. The summed E-state index contributed by atoms with van der Waals surface area (Å²) in [6.07, 6.45) is 3.00. The van der Waals surface area contributed by atoms with Crippen LogP contribution >= 0.6 is 0 Å². The molecule has 14 heteroatoms. The van der Waals surface area contributed by atoms with Gasteiger partial charge >= 0.3 is 5.97 Å². The van der Waals surface area contributed by atoms with Crippen molar-refractivity contribution in [1.82, 2.24) is 31.1 Å². The van der Waals surface area contributed by atoms with Crippen molar-refractivity contribution >= 4 is 21.9 Å². The highest BCUT2D eigenvalue weighted by atomic mass is 32.2. The van der Waals surface area contributed by atoms with Crippen LogP contribution in [0.15, 0.2) is 58.1 Å². The number of carbonyl (C=O) groups excluding carboxylic acids is 1. The molecule has 1 aromatic carbocycles. The number of carboxylic acids is 1. The van der Waals surface area contributed by atoms with E-state index in [0.717, 1.165) is 0 Å². The number of hydrogen-bond acceptors (Lipinski definition) is 10. The van der Waals surface area contributed by atoms with E-state index in [2.05, 4.69) is 26.4 Å². The van der Waals surface area contributed by atoms with Crippen LogP contribution in [0.1, 0.15) is 17.5 Å². The maximum absolute atomic E-state index is 12.4. The van der Waals surface area contributed by atoms with Crippen LogP contribution in [0.4, 0.5) is 0 Å². The van der Waals surface area contributed by atoms with Crippen molar-refractivity contribution in [3.05, 3.63) is 54.4 Å². The molecule has 0 fully saturated rings. The topological polar surface area (TPSA) is 184 Å². The van der Waals surface area contributed by atoms with Gasteiger partial charge in [0.1, 0.15) is 12.3 Å². The van der Waals surface area contributed by atoms with Crippen LogP contribution in [0.2, 0.25) is 0 Å². The van der Waals surface area contributed by atoms with Crippen molar-refractivity contribution < 1.29 is 32.4 Å².